The Morgan fingerprint density at radius 2 is 2.19 bits per heavy atom. The lowest BCUT2D eigenvalue weighted by Gasteiger charge is -2.33. The minimum absolute atomic E-state index is 0.0120. The molecule has 3 heterocycles. The molecule has 10 heteroatoms. The normalized spacial score (nSPS) is 16.9. The number of nitrogens with zero attached hydrogens (tertiary/aromatic N) is 3. The standard InChI is InChI=1S/C22H24Cl2N4O3S/c1-14-8-20(27-31-14)22-26-16(13-32-22)3-5-21(29)25-10-17-12-28(6-7-30-17)11-15-2-4-18(23)19(24)9-15/h2,4,8-9,13,17H,3,5-7,10-12H2,1H3,(H,25,29)/t17-/m0/s1. The van der Waals surface area contributed by atoms with Gasteiger partial charge in [0.25, 0.3) is 0 Å². The van der Waals surface area contributed by atoms with Crippen LogP contribution in [-0.4, -0.2) is 53.3 Å². The summed E-state index contributed by atoms with van der Waals surface area (Å²) >= 11 is 13.6. The first-order valence-corrected chi connectivity index (χ1v) is 12.0. The minimum atomic E-state index is -0.0447. The molecule has 4 rings (SSSR count). The van der Waals surface area contributed by atoms with Crippen LogP contribution in [0.4, 0.5) is 0 Å². The highest BCUT2D eigenvalue weighted by molar-refractivity contribution is 7.13. The SMILES string of the molecule is Cc1cc(-c2nc(CCC(=O)NC[C@H]3CN(Cc4ccc(Cl)c(Cl)c4)CCO3)cs2)no1. The Morgan fingerprint density at radius 3 is 2.97 bits per heavy atom. The Kier molecular flexibility index (Phi) is 7.80. The smallest absolute Gasteiger partial charge is 0.220 e. The van der Waals surface area contributed by atoms with Crippen LogP contribution in [0.5, 0.6) is 0 Å². The van der Waals surface area contributed by atoms with E-state index in [4.69, 9.17) is 32.5 Å². The molecule has 1 saturated heterocycles. The third kappa shape index (κ3) is 6.30. The maximum absolute atomic E-state index is 12.3. The first-order valence-electron chi connectivity index (χ1n) is 10.4. The van der Waals surface area contributed by atoms with Crippen LogP contribution in [0.1, 0.15) is 23.4 Å². The van der Waals surface area contributed by atoms with E-state index in [2.05, 4.69) is 20.4 Å². The fourth-order valence-corrected chi connectivity index (χ4v) is 4.63. The maximum Gasteiger partial charge on any atom is 0.220 e. The lowest BCUT2D eigenvalue weighted by molar-refractivity contribution is -0.122. The predicted octanol–water partition coefficient (Wildman–Crippen LogP) is 4.36. The molecule has 2 aromatic heterocycles. The second-order valence-corrected chi connectivity index (χ2v) is 9.42. The van der Waals surface area contributed by atoms with Crippen LogP contribution in [0.25, 0.3) is 10.7 Å². The molecule has 1 aliphatic heterocycles. The number of aromatic nitrogens is 2. The van der Waals surface area contributed by atoms with Gasteiger partial charge in [0.15, 0.2) is 0 Å². The van der Waals surface area contributed by atoms with Crippen LogP contribution in [0.15, 0.2) is 34.2 Å². The summed E-state index contributed by atoms with van der Waals surface area (Å²) < 4.78 is 10.9. The molecule has 1 atom stereocenters. The van der Waals surface area contributed by atoms with Crippen molar-refractivity contribution in [1.82, 2.24) is 20.4 Å². The number of hydrogen-bond acceptors (Lipinski definition) is 7. The number of nitrogens with one attached hydrogen (secondary N) is 1. The van der Waals surface area contributed by atoms with Crippen molar-refractivity contribution >= 4 is 40.4 Å². The summed E-state index contributed by atoms with van der Waals surface area (Å²) in [5.41, 5.74) is 2.71. The summed E-state index contributed by atoms with van der Waals surface area (Å²) in [4.78, 5) is 19.2. The van der Waals surface area contributed by atoms with E-state index in [0.29, 0.717) is 36.0 Å². The van der Waals surface area contributed by atoms with Crippen LogP contribution in [-0.2, 0) is 22.5 Å². The Hall–Kier alpha value is -1.97. The number of ether oxygens (including phenoxy) is 1. The minimum Gasteiger partial charge on any atom is -0.374 e. The molecular weight excluding hydrogens is 471 g/mol. The summed E-state index contributed by atoms with van der Waals surface area (Å²) in [5.74, 6) is 0.735. The molecule has 32 heavy (non-hydrogen) atoms. The van der Waals surface area contributed by atoms with Gasteiger partial charge in [-0.25, -0.2) is 4.98 Å². The van der Waals surface area contributed by atoms with Crippen molar-refractivity contribution in [3.63, 3.8) is 0 Å². The van der Waals surface area contributed by atoms with Gasteiger partial charge in [-0.05, 0) is 31.0 Å². The highest BCUT2D eigenvalue weighted by atomic mass is 35.5. The van der Waals surface area contributed by atoms with Gasteiger partial charge >= 0.3 is 0 Å². The molecule has 0 radical (unpaired) electrons. The molecule has 1 aromatic carbocycles. The highest BCUT2D eigenvalue weighted by Gasteiger charge is 2.21. The summed E-state index contributed by atoms with van der Waals surface area (Å²) in [6.07, 6.45) is 0.909. The van der Waals surface area contributed by atoms with E-state index in [0.717, 1.165) is 47.4 Å². The first kappa shape index (κ1) is 23.2. The fourth-order valence-electron chi connectivity index (χ4n) is 3.51. The van der Waals surface area contributed by atoms with E-state index >= 15 is 0 Å². The van der Waals surface area contributed by atoms with Crippen molar-refractivity contribution < 1.29 is 14.1 Å². The molecule has 170 valence electrons. The average molecular weight is 495 g/mol. The molecule has 1 fully saturated rings. The summed E-state index contributed by atoms with van der Waals surface area (Å²) in [6.45, 7) is 5.30. The van der Waals surface area contributed by atoms with Crippen LogP contribution in [0, 0.1) is 6.92 Å². The van der Waals surface area contributed by atoms with Gasteiger partial charge in [-0.1, -0.05) is 34.4 Å². The van der Waals surface area contributed by atoms with Gasteiger partial charge in [-0.3, -0.25) is 9.69 Å². The van der Waals surface area contributed by atoms with Gasteiger partial charge in [0.1, 0.15) is 16.5 Å². The van der Waals surface area contributed by atoms with Gasteiger partial charge in [0.2, 0.25) is 5.91 Å². The van der Waals surface area contributed by atoms with Crippen LogP contribution in [0.2, 0.25) is 10.0 Å². The molecule has 0 spiro atoms. The Balaban J connectivity index is 1.20. The quantitative estimate of drug-likeness (QED) is 0.500. The second-order valence-electron chi connectivity index (χ2n) is 7.75. The van der Waals surface area contributed by atoms with Crippen LogP contribution in [0.3, 0.4) is 0 Å². The van der Waals surface area contributed by atoms with E-state index in [1.807, 2.05) is 36.6 Å². The van der Waals surface area contributed by atoms with Gasteiger partial charge in [0.05, 0.1) is 28.5 Å². The van der Waals surface area contributed by atoms with Crippen LogP contribution < -0.4 is 5.32 Å². The highest BCUT2D eigenvalue weighted by Crippen LogP contribution is 2.24. The third-order valence-corrected chi connectivity index (χ3v) is 6.80. The lowest BCUT2D eigenvalue weighted by Crippen LogP contribution is -2.47. The molecule has 1 N–H and O–H groups in total. The summed E-state index contributed by atoms with van der Waals surface area (Å²) in [5, 5.41) is 10.8. The van der Waals surface area contributed by atoms with Crippen molar-refractivity contribution in [3.05, 3.63) is 56.7 Å². The number of hydrogen-bond donors (Lipinski definition) is 1. The summed E-state index contributed by atoms with van der Waals surface area (Å²) in [7, 11) is 0. The lowest BCUT2D eigenvalue weighted by atomic mass is 10.2. The molecule has 0 unspecified atom stereocenters. The van der Waals surface area contributed by atoms with Gasteiger partial charge in [-0.2, -0.15) is 0 Å². The number of thiazole rings is 1. The zero-order chi connectivity index (χ0) is 22.5. The first-order chi connectivity index (χ1) is 15.5. The molecule has 1 aliphatic rings. The number of amides is 1. The number of aryl methyl sites for hydroxylation is 2. The van der Waals surface area contributed by atoms with E-state index in [1.165, 1.54) is 11.3 Å². The number of morpholine rings is 1. The zero-order valence-electron chi connectivity index (χ0n) is 17.6. The maximum atomic E-state index is 12.3. The number of carbonyl (C=O) groups is 1. The Morgan fingerprint density at radius 1 is 1.31 bits per heavy atom. The molecule has 1 amide bonds. The topological polar surface area (TPSA) is 80.5 Å². The number of rotatable bonds is 8. The molecule has 7 nitrogen and oxygen atoms in total. The van der Waals surface area contributed by atoms with Crippen molar-refractivity contribution in [2.24, 2.45) is 0 Å². The van der Waals surface area contributed by atoms with Gasteiger partial charge in [-0.15, -0.1) is 11.3 Å². The number of benzene rings is 1. The Bertz CT molecular complexity index is 1070. The zero-order valence-corrected chi connectivity index (χ0v) is 20.0. The second kappa shape index (κ2) is 10.8. The molecular formula is C22H24Cl2N4O3S. The molecule has 0 bridgehead atoms. The molecule has 0 saturated carbocycles. The molecule has 3 aromatic rings. The van der Waals surface area contributed by atoms with Crippen molar-refractivity contribution in [2.45, 2.75) is 32.4 Å². The van der Waals surface area contributed by atoms with E-state index < -0.39 is 0 Å². The van der Waals surface area contributed by atoms with E-state index in [9.17, 15) is 4.79 Å². The van der Waals surface area contributed by atoms with E-state index in [-0.39, 0.29) is 12.0 Å². The van der Waals surface area contributed by atoms with Gasteiger partial charge < -0.3 is 14.6 Å². The van der Waals surface area contributed by atoms with Crippen LogP contribution >= 0.6 is 34.5 Å². The Labute approximate surface area is 200 Å². The fraction of sp³-hybridized carbons (Fsp3) is 0.409. The number of halogens is 2. The van der Waals surface area contributed by atoms with Crippen molar-refractivity contribution in [3.8, 4) is 10.7 Å². The number of carbonyl (C=O) groups excluding carboxylic acids is 1. The van der Waals surface area contributed by atoms with Crippen molar-refractivity contribution in [1.29, 1.82) is 0 Å². The largest absolute Gasteiger partial charge is 0.374 e. The van der Waals surface area contributed by atoms with Crippen molar-refractivity contribution in [2.75, 3.05) is 26.2 Å². The van der Waals surface area contributed by atoms with E-state index in [1.54, 1.807) is 0 Å². The van der Waals surface area contributed by atoms with Gasteiger partial charge in [0, 0.05) is 44.0 Å². The average Bonchev–Trinajstić information content (AvgIpc) is 3.42. The third-order valence-electron chi connectivity index (χ3n) is 5.15. The monoisotopic (exact) mass is 494 g/mol. The molecule has 0 aliphatic carbocycles. The predicted molar refractivity (Wildman–Crippen MR) is 125 cm³/mol. The summed E-state index contributed by atoms with van der Waals surface area (Å²) in [6, 6.07) is 7.54.